The lowest BCUT2D eigenvalue weighted by Crippen LogP contribution is -2.37. The Morgan fingerprint density at radius 3 is 2.37 bits per heavy atom. The van der Waals surface area contributed by atoms with Gasteiger partial charge >= 0.3 is 5.97 Å². The Morgan fingerprint density at radius 2 is 1.79 bits per heavy atom. The maximum Gasteiger partial charge on any atom is 0.336 e. The molecule has 19 heavy (non-hydrogen) atoms. The van der Waals surface area contributed by atoms with E-state index in [9.17, 15) is 14.4 Å². The molecule has 1 saturated heterocycles. The third-order valence-corrected chi connectivity index (χ3v) is 4.68. The SMILES string of the molecule is CC1=C(N2CCC3(CCC(=O)CC3)C2=O)COC1=O. The van der Waals surface area contributed by atoms with Crippen molar-refractivity contribution in [2.45, 2.75) is 39.0 Å². The first kappa shape index (κ1) is 12.4. The highest BCUT2D eigenvalue weighted by Gasteiger charge is 2.50. The average molecular weight is 263 g/mol. The number of ether oxygens (including phenoxy) is 1. The molecule has 0 aromatic carbocycles. The number of esters is 1. The van der Waals surface area contributed by atoms with Crippen LogP contribution >= 0.6 is 0 Å². The average Bonchev–Trinajstić information content (AvgIpc) is 2.88. The zero-order valence-electron chi connectivity index (χ0n) is 11.0. The lowest BCUT2D eigenvalue weighted by atomic mass is 9.72. The molecule has 1 aliphatic carbocycles. The molecule has 102 valence electrons. The van der Waals surface area contributed by atoms with Crippen LogP contribution in [0.15, 0.2) is 11.3 Å². The van der Waals surface area contributed by atoms with E-state index in [1.807, 2.05) is 0 Å². The van der Waals surface area contributed by atoms with Crippen LogP contribution in [0.5, 0.6) is 0 Å². The van der Waals surface area contributed by atoms with Crippen molar-refractivity contribution in [3.8, 4) is 0 Å². The zero-order chi connectivity index (χ0) is 13.6. The molecule has 5 heteroatoms. The number of nitrogens with zero attached hydrogens (tertiary/aromatic N) is 1. The van der Waals surface area contributed by atoms with Crippen molar-refractivity contribution < 1.29 is 19.1 Å². The van der Waals surface area contributed by atoms with Crippen LogP contribution in [0.25, 0.3) is 0 Å². The molecule has 1 spiro atoms. The second kappa shape index (κ2) is 4.18. The summed E-state index contributed by atoms with van der Waals surface area (Å²) in [5.74, 6) is 0.00173. The molecule has 1 saturated carbocycles. The number of amides is 1. The Labute approximate surface area is 111 Å². The number of likely N-dealkylation sites (tertiary alicyclic amines) is 1. The summed E-state index contributed by atoms with van der Waals surface area (Å²) < 4.78 is 4.97. The number of carbonyl (C=O) groups is 3. The van der Waals surface area contributed by atoms with Crippen molar-refractivity contribution in [3.63, 3.8) is 0 Å². The van der Waals surface area contributed by atoms with Crippen molar-refractivity contribution in [2.24, 2.45) is 5.41 Å². The highest BCUT2D eigenvalue weighted by Crippen LogP contribution is 2.45. The Kier molecular flexibility index (Phi) is 2.73. The predicted octanol–water partition coefficient (Wildman–Crippen LogP) is 1.18. The number of hydrogen-bond donors (Lipinski definition) is 0. The molecular formula is C14H17NO4. The Morgan fingerprint density at radius 1 is 1.11 bits per heavy atom. The fraction of sp³-hybridized carbons (Fsp3) is 0.643. The molecule has 0 aromatic heterocycles. The van der Waals surface area contributed by atoms with Gasteiger partial charge in [-0.1, -0.05) is 0 Å². The monoisotopic (exact) mass is 263 g/mol. The summed E-state index contributed by atoms with van der Waals surface area (Å²) >= 11 is 0. The van der Waals surface area contributed by atoms with E-state index in [0.29, 0.717) is 43.5 Å². The molecule has 3 aliphatic rings. The van der Waals surface area contributed by atoms with Gasteiger partial charge in [-0.25, -0.2) is 4.79 Å². The molecule has 0 unspecified atom stereocenters. The van der Waals surface area contributed by atoms with Crippen LogP contribution in [0.1, 0.15) is 39.0 Å². The molecule has 0 aromatic rings. The molecule has 0 N–H and O–H groups in total. The van der Waals surface area contributed by atoms with Gasteiger partial charge in [-0.2, -0.15) is 0 Å². The summed E-state index contributed by atoms with van der Waals surface area (Å²) in [6, 6.07) is 0. The first-order valence-corrected chi connectivity index (χ1v) is 6.74. The Hall–Kier alpha value is -1.65. The van der Waals surface area contributed by atoms with Gasteiger partial charge < -0.3 is 9.64 Å². The topological polar surface area (TPSA) is 63.7 Å². The summed E-state index contributed by atoms with van der Waals surface area (Å²) in [5, 5.41) is 0. The van der Waals surface area contributed by atoms with Crippen LogP contribution in [0.3, 0.4) is 0 Å². The van der Waals surface area contributed by atoms with E-state index in [4.69, 9.17) is 4.74 Å². The minimum absolute atomic E-state index is 0.0765. The summed E-state index contributed by atoms with van der Waals surface area (Å²) in [5.41, 5.74) is 0.883. The highest BCUT2D eigenvalue weighted by molar-refractivity contribution is 5.95. The highest BCUT2D eigenvalue weighted by atomic mass is 16.5. The molecule has 2 heterocycles. The Balaban J connectivity index is 1.83. The van der Waals surface area contributed by atoms with Crippen molar-refractivity contribution in [1.29, 1.82) is 0 Å². The third kappa shape index (κ3) is 1.79. The maximum absolute atomic E-state index is 12.6. The molecule has 1 amide bonds. The fourth-order valence-electron chi connectivity index (χ4n) is 3.30. The minimum atomic E-state index is -0.368. The molecule has 5 nitrogen and oxygen atoms in total. The van der Waals surface area contributed by atoms with Gasteiger partial charge in [0, 0.05) is 19.4 Å². The van der Waals surface area contributed by atoms with E-state index in [1.54, 1.807) is 11.8 Å². The number of ketones is 1. The number of rotatable bonds is 1. The van der Waals surface area contributed by atoms with E-state index < -0.39 is 0 Å². The molecule has 0 radical (unpaired) electrons. The molecular weight excluding hydrogens is 246 g/mol. The van der Waals surface area contributed by atoms with Gasteiger partial charge in [0.2, 0.25) is 5.91 Å². The van der Waals surface area contributed by atoms with Crippen LogP contribution in [0, 0.1) is 5.41 Å². The molecule has 0 atom stereocenters. The van der Waals surface area contributed by atoms with Gasteiger partial charge in [-0.3, -0.25) is 9.59 Å². The number of cyclic esters (lactones) is 1. The van der Waals surface area contributed by atoms with Crippen LogP contribution in [-0.4, -0.2) is 35.7 Å². The summed E-state index contributed by atoms with van der Waals surface area (Å²) in [7, 11) is 0. The van der Waals surface area contributed by atoms with Crippen LogP contribution in [-0.2, 0) is 19.1 Å². The largest absolute Gasteiger partial charge is 0.456 e. The van der Waals surface area contributed by atoms with E-state index in [1.165, 1.54) is 0 Å². The number of Topliss-reactive ketones (excluding diaryl/α,β-unsaturated/α-hetero) is 1. The van der Waals surface area contributed by atoms with E-state index >= 15 is 0 Å². The normalized spacial score (nSPS) is 26.6. The zero-order valence-corrected chi connectivity index (χ0v) is 11.0. The number of hydrogen-bond acceptors (Lipinski definition) is 4. The van der Waals surface area contributed by atoms with E-state index in [0.717, 1.165) is 6.42 Å². The molecule has 3 rings (SSSR count). The van der Waals surface area contributed by atoms with Gasteiger partial charge in [-0.05, 0) is 26.2 Å². The van der Waals surface area contributed by atoms with Gasteiger partial charge in [0.1, 0.15) is 12.4 Å². The lowest BCUT2D eigenvalue weighted by molar-refractivity contribution is -0.139. The van der Waals surface area contributed by atoms with Crippen LogP contribution in [0.2, 0.25) is 0 Å². The Bertz CT molecular complexity index is 496. The quantitative estimate of drug-likeness (QED) is 0.666. The van der Waals surface area contributed by atoms with Crippen molar-refractivity contribution >= 4 is 17.7 Å². The molecule has 2 aliphatic heterocycles. The van der Waals surface area contributed by atoms with Gasteiger partial charge in [0.05, 0.1) is 16.7 Å². The third-order valence-electron chi connectivity index (χ3n) is 4.68. The lowest BCUT2D eigenvalue weighted by Gasteiger charge is -2.31. The summed E-state index contributed by atoms with van der Waals surface area (Å²) in [6.45, 7) is 2.54. The summed E-state index contributed by atoms with van der Waals surface area (Å²) in [4.78, 5) is 37.1. The predicted molar refractivity (Wildman–Crippen MR) is 65.9 cm³/mol. The van der Waals surface area contributed by atoms with E-state index in [-0.39, 0.29) is 29.7 Å². The standard InChI is InChI=1S/C14H17NO4/c1-9-11(8-19-12(9)17)15-7-6-14(13(15)18)4-2-10(16)3-5-14/h2-8H2,1H3. The number of carbonyl (C=O) groups excluding carboxylic acids is 3. The van der Waals surface area contributed by atoms with Crippen LogP contribution in [0.4, 0.5) is 0 Å². The molecule has 2 fully saturated rings. The second-order valence-electron chi connectivity index (χ2n) is 5.67. The second-order valence-corrected chi connectivity index (χ2v) is 5.67. The van der Waals surface area contributed by atoms with Crippen molar-refractivity contribution in [2.75, 3.05) is 13.2 Å². The first-order valence-electron chi connectivity index (χ1n) is 6.74. The van der Waals surface area contributed by atoms with Crippen LogP contribution < -0.4 is 0 Å². The first-order chi connectivity index (χ1) is 9.03. The van der Waals surface area contributed by atoms with E-state index in [2.05, 4.69) is 0 Å². The smallest absolute Gasteiger partial charge is 0.336 e. The van der Waals surface area contributed by atoms with Crippen molar-refractivity contribution in [3.05, 3.63) is 11.3 Å². The van der Waals surface area contributed by atoms with Gasteiger partial charge in [0.15, 0.2) is 0 Å². The van der Waals surface area contributed by atoms with Gasteiger partial charge in [-0.15, -0.1) is 0 Å². The fourth-order valence-corrected chi connectivity index (χ4v) is 3.30. The maximum atomic E-state index is 12.6. The minimum Gasteiger partial charge on any atom is -0.456 e. The molecule has 0 bridgehead atoms. The summed E-state index contributed by atoms with van der Waals surface area (Å²) in [6.07, 6.45) is 3.11. The van der Waals surface area contributed by atoms with Gasteiger partial charge in [0.25, 0.3) is 0 Å². The van der Waals surface area contributed by atoms with Crippen molar-refractivity contribution in [1.82, 2.24) is 4.90 Å².